The van der Waals surface area contributed by atoms with E-state index in [1.807, 2.05) is 26.0 Å². The summed E-state index contributed by atoms with van der Waals surface area (Å²) in [7, 11) is 0. The molecule has 0 aliphatic rings. The van der Waals surface area contributed by atoms with Crippen molar-refractivity contribution in [1.29, 1.82) is 0 Å². The number of carbonyl (C=O) groups is 2. The lowest BCUT2D eigenvalue weighted by molar-refractivity contribution is 0.0695. The van der Waals surface area contributed by atoms with E-state index in [4.69, 9.17) is 0 Å². The maximum Gasteiger partial charge on any atom is 0.338 e. The molecule has 0 atom stereocenters. The summed E-state index contributed by atoms with van der Waals surface area (Å²) in [5.41, 5.74) is 3.21. The van der Waals surface area contributed by atoms with Crippen molar-refractivity contribution in [2.45, 2.75) is 13.8 Å². The largest absolute Gasteiger partial charge is 0.478 e. The lowest BCUT2D eigenvalue weighted by Gasteiger charge is -2.00. The van der Waals surface area contributed by atoms with Crippen molar-refractivity contribution in [3.8, 4) is 0 Å². The van der Waals surface area contributed by atoms with Crippen LogP contribution in [0.2, 0.25) is 0 Å². The van der Waals surface area contributed by atoms with Gasteiger partial charge in [-0.15, -0.1) is 0 Å². The maximum absolute atomic E-state index is 12.6. The zero-order chi connectivity index (χ0) is 15.9. The van der Waals surface area contributed by atoms with Crippen LogP contribution in [0, 0.1) is 13.8 Å². The first-order valence-corrected chi connectivity index (χ1v) is 6.95. The lowest BCUT2D eigenvalue weighted by atomic mass is 10.0. The lowest BCUT2D eigenvalue weighted by Crippen LogP contribution is -2.08. The number of nitrogens with one attached hydrogen (secondary N) is 1. The number of rotatable bonds is 3. The molecule has 0 unspecified atom stereocenters. The molecule has 0 radical (unpaired) electrons. The number of fused-ring (bicyclic) bond motifs is 1. The van der Waals surface area contributed by atoms with Crippen LogP contribution in [0.3, 0.4) is 0 Å². The Kier molecular flexibility index (Phi) is 3.29. The van der Waals surface area contributed by atoms with E-state index in [-0.39, 0.29) is 17.0 Å². The Hall–Kier alpha value is -2.88. The van der Waals surface area contributed by atoms with Gasteiger partial charge >= 0.3 is 5.97 Å². The van der Waals surface area contributed by atoms with E-state index < -0.39 is 5.97 Å². The maximum atomic E-state index is 12.6. The van der Waals surface area contributed by atoms with Crippen molar-refractivity contribution in [1.82, 2.24) is 4.98 Å². The Labute approximate surface area is 127 Å². The molecule has 0 aliphatic heterocycles. The van der Waals surface area contributed by atoms with Gasteiger partial charge in [-0.2, -0.15) is 0 Å². The van der Waals surface area contributed by atoms with Gasteiger partial charge in [0.1, 0.15) is 5.69 Å². The molecule has 2 N–H and O–H groups in total. The second-order valence-corrected chi connectivity index (χ2v) is 5.38. The molecule has 0 aliphatic carbocycles. The van der Waals surface area contributed by atoms with Crippen molar-refractivity contribution in [2.75, 3.05) is 0 Å². The minimum atomic E-state index is -1.10. The van der Waals surface area contributed by atoms with Crippen LogP contribution in [0.15, 0.2) is 42.5 Å². The van der Waals surface area contributed by atoms with Crippen molar-refractivity contribution < 1.29 is 14.7 Å². The first kappa shape index (κ1) is 14.1. The molecule has 22 heavy (non-hydrogen) atoms. The molecular weight excluding hydrogens is 278 g/mol. The summed E-state index contributed by atoms with van der Waals surface area (Å²) in [4.78, 5) is 27.3. The molecule has 4 nitrogen and oxygen atoms in total. The third-order valence-corrected chi connectivity index (χ3v) is 3.73. The Bertz CT molecular complexity index is 892. The monoisotopic (exact) mass is 293 g/mol. The molecule has 3 aromatic rings. The van der Waals surface area contributed by atoms with Gasteiger partial charge in [-0.1, -0.05) is 42.0 Å². The number of carbonyl (C=O) groups excluding carboxylic acids is 1. The predicted octanol–water partition coefficient (Wildman–Crippen LogP) is 3.71. The van der Waals surface area contributed by atoms with Crippen LogP contribution in [0.5, 0.6) is 0 Å². The highest BCUT2D eigenvalue weighted by molar-refractivity contribution is 6.19. The summed E-state index contributed by atoms with van der Waals surface area (Å²) in [6.45, 7) is 3.80. The fourth-order valence-electron chi connectivity index (χ4n) is 2.78. The Balaban J connectivity index is 2.30. The van der Waals surface area contributed by atoms with Gasteiger partial charge in [-0.25, -0.2) is 4.79 Å². The standard InChI is InChI=1S/C18H15NO3/c1-10-8-11(2)15-13(9-10)14(18(21)22)16(19-15)17(20)12-6-4-3-5-7-12/h3-9,19H,1-2H3,(H,21,22). The highest BCUT2D eigenvalue weighted by Gasteiger charge is 2.24. The normalized spacial score (nSPS) is 10.8. The zero-order valence-electron chi connectivity index (χ0n) is 12.3. The molecule has 3 rings (SSSR count). The molecule has 1 heterocycles. The first-order valence-electron chi connectivity index (χ1n) is 6.95. The van der Waals surface area contributed by atoms with Gasteiger partial charge in [0.15, 0.2) is 0 Å². The molecule has 0 saturated heterocycles. The molecule has 0 bridgehead atoms. The van der Waals surface area contributed by atoms with Crippen LogP contribution in [0.25, 0.3) is 10.9 Å². The Morgan fingerprint density at radius 3 is 2.36 bits per heavy atom. The summed E-state index contributed by atoms with van der Waals surface area (Å²) < 4.78 is 0. The third-order valence-electron chi connectivity index (χ3n) is 3.73. The molecule has 4 heteroatoms. The Morgan fingerprint density at radius 1 is 1.05 bits per heavy atom. The number of carboxylic acid groups (broad SMARTS) is 1. The van der Waals surface area contributed by atoms with E-state index in [1.165, 1.54) is 0 Å². The molecule has 0 fully saturated rings. The first-order chi connectivity index (χ1) is 10.5. The summed E-state index contributed by atoms with van der Waals surface area (Å²) >= 11 is 0. The van der Waals surface area contributed by atoms with Crippen LogP contribution < -0.4 is 0 Å². The predicted molar refractivity (Wildman–Crippen MR) is 84.6 cm³/mol. The molecule has 1 aromatic heterocycles. The number of ketones is 1. The molecule has 110 valence electrons. The highest BCUT2D eigenvalue weighted by atomic mass is 16.4. The number of hydrogen-bond acceptors (Lipinski definition) is 2. The number of benzene rings is 2. The topological polar surface area (TPSA) is 70.2 Å². The van der Waals surface area contributed by atoms with Crippen molar-refractivity contribution in [3.63, 3.8) is 0 Å². The number of aromatic carboxylic acids is 1. The quantitative estimate of drug-likeness (QED) is 0.723. The van der Waals surface area contributed by atoms with E-state index in [0.717, 1.165) is 11.1 Å². The average Bonchev–Trinajstić information content (AvgIpc) is 2.87. The summed E-state index contributed by atoms with van der Waals surface area (Å²) in [6.07, 6.45) is 0. The van der Waals surface area contributed by atoms with E-state index in [9.17, 15) is 14.7 Å². The molecule has 0 spiro atoms. The molecule has 0 amide bonds. The third kappa shape index (κ3) is 2.19. The summed E-state index contributed by atoms with van der Waals surface area (Å²) in [5, 5.41) is 10.1. The van der Waals surface area contributed by atoms with Gasteiger partial charge in [0.25, 0.3) is 0 Å². The van der Waals surface area contributed by atoms with Gasteiger partial charge in [0.2, 0.25) is 5.78 Å². The number of aryl methyl sites for hydroxylation is 2. The Morgan fingerprint density at radius 2 is 1.73 bits per heavy atom. The number of H-pyrrole nitrogens is 1. The smallest absolute Gasteiger partial charge is 0.338 e. The van der Waals surface area contributed by atoms with Crippen LogP contribution in [0.4, 0.5) is 0 Å². The van der Waals surface area contributed by atoms with Crippen LogP contribution in [-0.2, 0) is 0 Å². The van der Waals surface area contributed by atoms with E-state index in [1.54, 1.807) is 30.3 Å². The second kappa shape index (κ2) is 5.15. The minimum Gasteiger partial charge on any atom is -0.478 e. The van der Waals surface area contributed by atoms with Crippen molar-refractivity contribution in [2.24, 2.45) is 0 Å². The molecular formula is C18H15NO3. The highest BCUT2D eigenvalue weighted by Crippen LogP contribution is 2.28. The van der Waals surface area contributed by atoms with Crippen LogP contribution in [0.1, 0.15) is 37.5 Å². The van der Waals surface area contributed by atoms with Crippen molar-refractivity contribution in [3.05, 3.63) is 70.4 Å². The fraction of sp³-hybridized carbons (Fsp3) is 0.111. The van der Waals surface area contributed by atoms with Crippen molar-refractivity contribution >= 4 is 22.7 Å². The average molecular weight is 293 g/mol. The van der Waals surface area contributed by atoms with E-state index >= 15 is 0 Å². The zero-order valence-corrected chi connectivity index (χ0v) is 12.3. The van der Waals surface area contributed by atoms with Gasteiger partial charge in [-0.05, 0) is 25.5 Å². The van der Waals surface area contributed by atoms with Gasteiger partial charge in [0.05, 0.1) is 5.56 Å². The number of aromatic amines is 1. The van der Waals surface area contributed by atoms with E-state index in [2.05, 4.69) is 4.98 Å². The van der Waals surface area contributed by atoms with E-state index in [0.29, 0.717) is 16.5 Å². The van der Waals surface area contributed by atoms with Crippen LogP contribution in [-0.4, -0.2) is 21.8 Å². The number of carboxylic acids is 1. The van der Waals surface area contributed by atoms with Gasteiger partial charge in [0, 0.05) is 16.5 Å². The number of hydrogen-bond donors (Lipinski definition) is 2. The summed E-state index contributed by atoms with van der Waals surface area (Å²) in [6, 6.07) is 12.4. The summed E-state index contributed by atoms with van der Waals surface area (Å²) in [5.74, 6) is -1.42. The fourth-order valence-corrected chi connectivity index (χ4v) is 2.78. The number of aromatic nitrogens is 1. The molecule has 2 aromatic carbocycles. The second-order valence-electron chi connectivity index (χ2n) is 5.38. The van der Waals surface area contributed by atoms with Crippen LogP contribution >= 0.6 is 0 Å². The minimum absolute atomic E-state index is 0.0376. The SMILES string of the molecule is Cc1cc(C)c2[nH]c(C(=O)c3ccccc3)c(C(=O)O)c2c1. The van der Waals surface area contributed by atoms with Gasteiger partial charge < -0.3 is 10.1 Å². The van der Waals surface area contributed by atoms with Gasteiger partial charge in [-0.3, -0.25) is 4.79 Å². The molecule has 0 saturated carbocycles.